The summed E-state index contributed by atoms with van der Waals surface area (Å²) in [5.74, 6) is -0.569. The molecule has 0 saturated carbocycles. The first-order chi connectivity index (χ1) is 13.1. The third-order valence-electron chi connectivity index (χ3n) is 3.87. The van der Waals surface area contributed by atoms with Gasteiger partial charge in [0.2, 0.25) is 11.7 Å². The zero-order valence-electron chi connectivity index (χ0n) is 14.4. The molecule has 0 aliphatic heterocycles. The number of Topliss-reactive ketones (excluding diaryl/α,β-unsaturated/α-hetero) is 1. The van der Waals surface area contributed by atoms with Crippen LogP contribution in [-0.2, 0) is 11.2 Å². The number of halogens is 1. The summed E-state index contributed by atoms with van der Waals surface area (Å²) in [7, 11) is 0. The normalized spacial score (nSPS) is 11.1. The van der Waals surface area contributed by atoms with Crippen molar-refractivity contribution < 1.29 is 9.59 Å². The zero-order valence-corrected chi connectivity index (χ0v) is 15.2. The molecule has 5 heteroatoms. The Labute approximate surface area is 162 Å². The van der Waals surface area contributed by atoms with E-state index in [0.29, 0.717) is 16.1 Å². The lowest BCUT2D eigenvalue weighted by Crippen LogP contribution is -2.25. The molecule has 0 unspecified atom stereocenters. The molecule has 0 aromatic heterocycles. The quantitative estimate of drug-likeness (QED) is 0.396. The molecular weight excluding hydrogens is 360 g/mol. The van der Waals surface area contributed by atoms with E-state index in [1.54, 1.807) is 60.7 Å². The van der Waals surface area contributed by atoms with Crippen LogP contribution >= 0.6 is 11.6 Å². The van der Waals surface area contributed by atoms with E-state index in [0.717, 1.165) is 5.56 Å². The van der Waals surface area contributed by atoms with Gasteiger partial charge in [0, 0.05) is 16.1 Å². The minimum absolute atomic E-state index is 0.141. The topological polar surface area (TPSA) is 58.5 Å². The molecule has 3 aromatic carbocycles. The van der Waals surface area contributed by atoms with Crippen LogP contribution in [-0.4, -0.2) is 17.4 Å². The fourth-order valence-corrected chi connectivity index (χ4v) is 2.64. The summed E-state index contributed by atoms with van der Waals surface area (Å²) in [6, 6.07) is 24.9. The fourth-order valence-electron chi connectivity index (χ4n) is 2.51. The summed E-state index contributed by atoms with van der Waals surface area (Å²) >= 11 is 5.85. The second-order valence-electron chi connectivity index (χ2n) is 5.86. The largest absolute Gasteiger partial charge is 0.287 e. The maximum atomic E-state index is 12.9. The van der Waals surface area contributed by atoms with Crippen LogP contribution in [0.25, 0.3) is 0 Å². The van der Waals surface area contributed by atoms with Crippen molar-refractivity contribution in [2.24, 2.45) is 5.10 Å². The zero-order chi connectivity index (χ0) is 19.1. The minimum atomic E-state index is -0.313. The number of ketones is 1. The van der Waals surface area contributed by atoms with Crippen molar-refractivity contribution in [3.8, 4) is 0 Å². The molecule has 4 nitrogen and oxygen atoms in total. The van der Waals surface area contributed by atoms with Gasteiger partial charge in [-0.2, -0.15) is 5.10 Å². The molecule has 0 atom stereocenters. The van der Waals surface area contributed by atoms with Gasteiger partial charge < -0.3 is 0 Å². The molecule has 0 bridgehead atoms. The number of hydrazone groups is 1. The number of nitrogens with zero attached hydrogens (tertiary/aromatic N) is 1. The summed E-state index contributed by atoms with van der Waals surface area (Å²) in [4.78, 5) is 25.1. The van der Waals surface area contributed by atoms with Crippen LogP contribution in [0.3, 0.4) is 0 Å². The Bertz CT molecular complexity index is 953. The summed E-state index contributed by atoms with van der Waals surface area (Å²) in [6.07, 6.45) is 0.141. The lowest BCUT2D eigenvalue weighted by molar-refractivity contribution is -0.120. The highest BCUT2D eigenvalue weighted by atomic mass is 35.5. The lowest BCUT2D eigenvalue weighted by Gasteiger charge is -2.07. The summed E-state index contributed by atoms with van der Waals surface area (Å²) in [5.41, 5.74) is 4.63. The molecular formula is C22H17ClN2O2. The smallest absolute Gasteiger partial charge is 0.244 e. The first-order valence-electron chi connectivity index (χ1n) is 8.39. The molecule has 0 fully saturated rings. The maximum Gasteiger partial charge on any atom is 0.244 e. The molecule has 134 valence electrons. The van der Waals surface area contributed by atoms with Crippen molar-refractivity contribution in [2.75, 3.05) is 0 Å². The Morgan fingerprint density at radius 3 is 1.93 bits per heavy atom. The molecule has 0 radical (unpaired) electrons. The van der Waals surface area contributed by atoms with E-state index in [2.05, 4.69) is 10.5 Å². The summed E-state index contributed by atoms with van der Waals surface area (Å²) in [5, 5.41) is 4.73. The Morgan fingerprint density at radius 2 is 1.33 bits per heavy atom. The highest BCUT2D eigenvalue weighted by Gasteiger charge is 2.16. The van der Waals surface area contributed by atoms with Crippen LogP contribution in [0.2, 0.25) is 5.02 Å². The van der Waals surface area contributed by atoms with E-state index in [1.165, 1.54) is 0 Å². The first kappa shape index (κ1) is 18.5. The highest BCUT2D eigenvalue weighted by Crippen LogP contribution is 2.11. The third-order valence-corrected chi connectivity index (χ3v) is 4.12. The predicted octanol–water partition coefficient (Wildman–Crippen LogP) is 4.29. The second kappa shape index (κ2) is 8.92. The van der Waals surface area contributed by atoms with Crippen LogP contribution in [0.5, 0.6) is 0 Å². The minimum Gasteiger partial charge on any atom is -0.287 e. The van der Waals surface area contributed by atoms with Gasteiger partial charge in [-0.1, -0.05) is 84.4 Å². The molecule has 3 rings (SSSR count). The number of nitrogens with one attached hydrogen (secondary N) is 1. The molecule has 1 N–H and O–H groups in total. The molecule has 0 saturated heterocycles. The predicted molar refractivity (Wildman–Crippen MR) is 107 cm³/mol. The van der Waals surface area contributed by atoms with Crippen molar-refractivity contribution in [2.45, 2.75) is 6.42 Å². The van der Waals surface area contributed by atoms with Crippen LogP contribution in [0, 0.1) is 0 Å². The average Bonchev–Trinajstić information content (AvgIpc) is 2.71. The van der Waals surface area contributed by atoms with E-state index < -0.39 is 0 Å². The van der Waals surface area contributed by atoms with Gasteiger partial charge in [-0.05, 0) is 17.7 Å². The molecule has 1 amide bonds. The number of carbonyl (C=O) groups is 2. The van der Waals surface area contributed by atoms with Crippen molar-refractivity contribution in [3.63, 3.8) is 0 Å². The van der Waals surface area contributed by atoms with Crippen molar-refractivity contribution >= 4 is 29.0 Å². The second-order valence-corrected chi connectivity index (χ2v) is 6.30. The number of rotatable bonds is 6. The van der Waals surface area contributed by atoms with E-state index in [1.807, 2.05) is 24.3 Å². The SMILES string of the molecule is O=C(Cc1ccc(Cl)cc1)N/N=C(\C(=O)c1ccccc1)c1ccccc1. The monoisotopic (exact) mass is 376 g/mol. The molecule has 0 aliphatic rings. The van der Waals surface area contributed by atoms with E-state index >= 15 is 0 Å². The number of benzene rings is 3. The number of amides is 1. The summed E-state index contributed by atoms with van der Waals surface area (Å²) in [6.45, 7) is 0. The molecule has 0 spiro atoms. The van der Waals surface area contributed by atoms with Gasteiger partial charge in [0.1, 0.15) is 5.71 Å². The molecule has 0 aliphatic carbocycles. The Morgan fingerprint density at radius 1 is 0.778 bits per heavy atom. The van der Waals surface area contributed by atoms with Crippen LogP contribution < -0.4 is 5.43 Å². The number of hydrogen-bond acceptors (Lipinski definition) is 3. The highest BCUT2D eigenvalue weighted by molar-refractivity contribution is 6.51. The van der Waals surface area contributed by atoms with Gasteiger partial charge in [-0.25, -0.2) is 5.43 Å². The maximum absolute atomic E-state index is 12.9. The van der Waals surface area contributed by atoms with E-state index in [4.69, 9.17) is 11.6 Å². The number of carbonyl (C=O) groups excluding carboxylic acids is 2. The Hall–Kier alpha value is -3.24. The van der Waals surface area contributed by atoms with Crippen LogP contribution in [0.4, 0.5) is 0 Å². The molecule has 27 heavy (non-hydrogen) atoms. The molecule has 0 heterocycles. The third kappa shape index (κ3) is 5.12. The van der Waals surface area contributed by atoms with Gasteiger partial charge in [0.25, 0.3) is 0 Å². The average molecular weight is 377 g/mol. The van der Waals surface area contributed by atoms with Gasteiger partial charge >= 0.3 is 0 Å². The fraction of sp³-hybridized carbons (Fsp3) is 0.0455. The number of hydrogen-bond donors (Lipinski definition) is 1. The van der Waals surface area contributed by atoms with Crippen molar-refractivity contribution in [1.29, 1.82) is 0 Å². The Kier molecular flexibility index (Phi) is 6.13. The van der Waals surface area contributed by atoms with Crippen molar-refractivity contribution in [3.05, 3.63) is 107 Å². The van der Waals surface area contributed by atoms with Gasteiger partial charge in [-0.3, -0.25) is 9.59 Å². The van der Waals surface area contributed by atoms with Crippen molar-refractivity contribution in [1.82, 2.24) is 5.43 Å². The van der Waals surface area contributed by atoms with E-state index in [-0.39, 0.29) is 23.8 Å². The van der Waals surface area contributed by atoms with Crippen LogP contribution in [0.15, 0.2) is 90.0 Å². The first-order valence-corrected chi connectivity index (χ1v) is 8.77. The molecule has 3 aromatic rings. The summed E-state index contributed by atoms with van der Waals surface area (Å²) < 4.78 is 0. The van der Waals surface area contributed by atoms with Crippen LogP contribution in [0.1, 0.15) is 21.5 Å². The van der Waals surface area contributed by atoms with Gasteiger partial charge in [-0.15, -0.1) is 0 Å². The standard InChI is InChI=1S/C22H17ClN2O2/c23-19-13-11-16(12-14-19)15-20(26)24-25-21(17-7-3-1-4-8-17)22(27)18-9-5-2-6-10-18/h1-14H,15H2,(H,24,26)/b25-21-. The lowest BCUT2D eigenvalue weighted by atomic mass is 10.0. The van der Waals surface area contributed by atoms with E-state index in [9.17, 15) is 9.59 Å². The Balaban J connectivity index is 1.81. The van der Waals surface area contributed by atoms with Gasteiger partial charge in [0.15, 0.2) is 0 Å². The van der Waals surface area contributed by atoms with Gasteiger partial charge in [0.05, 0.1) is 6.42 Å².